The normalized spacial score (nSPS) is 31.2. The van der Waals surface area contributed by atoms with E-state index in [9.17, 15) is 9.90 Å². The summed E-state index contributed by atoms with van der Waals surface area (Å²) in [6, 6.07) is 4.48. The van der Waals surface area contributed by atoms with E-state index in [0.717, 1.165) is 30.6 Å². The fraction of sp³-hybridized carbons (Fsp3) is 0.500. The average molecular weight is 263 g/mol. The summed E-state index contributed by atoms with van der Waals surface area (Å²) in [7, 11) is 0. The zero-order valence-electron chi connectivity index (χ0n) is 10.2. The molecule has 3 rings (SSSR count). The van der Waals surface area contributed by atoms with Gasteiger partial charge in [0.2, 0.25) is 5.91 Å². The number of carbonyl (C=O) groups is 1. The van der Waals surface area contributed by atoms with Crippen LogP contribution in [0.25, 0.3) is 6.08 Å². The van der Waals surface area contributed by atoms with E-state index in [0.29, 0.717) is 0 Å². The van der Waals surface area contributed by atoms with Crippen molar-refractivity contribution in [1.29, 1.82) is 0 Å². The molecule has 2 unspecified atom stereocenters. The number of fused-ring (bicyclic) bond motifs is 2. The smallest absolute Gasteiger partial charge is 0.247 e. The van der Waals surface area contributed by atoms with E-state index in [1.165, 1.54) is 0 Å². The van der Waals surface area contributed by atoms with Gasteiger partial charge in [-0.15, -0.1) is 11.3 Å². The predicted molar refractivity (Wildman–Crippen MR) is 72.2 cm³/mol. The third-order valence-corrected chi connectivity index (χ3v) is 4.73. The third kappa shape index (κ3) is 2.22. The van der Waals surface area contributed by atoms with Gasteiger partial charge in [-0.2, -0.15) is 0 Å². The van der Waals surface area contributed by atoms with E-state index < -0.39 is 0 Å². The molecule has 0 radical (unpaired) electrons. The molecule has 96 valence electrons. The van der Waals surface area contributed by atoms with Gasteiger partial charge in [-0.3, -0.25) is 4.79 Å². The summed E-state index contributed by atoms with van der Waals surface area (Å²) >= 11 is 1.63. The Morgan fingerprint density at radius 2 is 2.11 bits per heavy atom. The van der Waals surface area contributed by atoms with Crippen molar-refractivity contribution < 1.29 is 9.90 Å². The molecule has 2 fully saturated rings. The first kappa shape index (κ1) is 11.9. The van der Waals surface area contributed by atoms with Gasteiger partial charge in [0, 0.05) is 23.0 Å². The molecule has 4 heteroatoms. The average Bonchev–Trinajstić information content (AvgIpc) is 2.94. The first-order chi connectivity index (χ1) is 8.74. The Morgan fingerprint density at radius 1 is 1.39 bits per heavy atom. The molecule has 0 aromatic carbocycles. The molecule has 1 N–H and O–H groups in total. The Hall–Kier alpha value is -1.13. The summed E-state index contributed by atoms with van der Waals surface area (Å²) in [5, 5.41) is 11.7. The van der Waals surface area contributed by atoms with Crippen molar-refractivity contribution in [1.82, 2.24) is 4.90 Å². The summed E-state index contributed by atoms with van der Waals surface area (Å²) in [5.74, 6) is 0.0998. The fourth-order valence-corrected chi connectivity index (χ4v) is 3.75. The van der Waals surface area contributed by atoms with E-state index >= 15 is 0 Å². The number of piperidine rings is 1. The van der Waals surface area contributed by atoms with Gasteiger partial charge in [0.1, 0.15) is 0 Å². The SMILES string of the molecule is O=C(C=Cc1cccs1)N1C2CCC1CC(O)C2. The number of nitrogens with zero attached hydrogens (tertiary/aromatic N) is 1. The van der Waals surface area contributed by atoms with Crippen molar-refractivity contribution in [2.75, 3.05) is 0 Å². The zero-order chi connectivity index (χ0) is 12.5. The maximum absolute atomic E-state index is 12.2. The summed E-state index contributed by atoms with van der Waals surface area (Å²) in [5.41, 5.74) is 0. The molecule has 2 atom stereocenters. The molecule has 2 bridgehead atoms. The lowest BCUT2D eigenvalue weighted by Crippen LogP contribution is -2.47. The molecule has 2 aliphatic rings. The van der Waals surface area contributed by atoms with E-state index in [4.69, 9.17) is 0 Å². The Balaban J connectivity index is 1.70. The van der Waals surface area contributed by atoms with Crippen LogP contribution in [0, 0.1) is 0 Å². The van der Waals surface area contributed by atoms with E-state index in [1.54, 1.807) is 17.4 Å². The molecular formula is C14H17NO2S. The van der Waals surface area contributed by atoms with Gasteiger partial charge in [0.15, 0.2) is 0 Å². The lowest BCUT2D eigenvalue weighted by atomic mass is 10.00. The zero-order valence-corrected chi connectivity index (χ0v) is 11.0. The summed E-state index contributed by atoms with van der Waals surface area (Å²) in [4.78, 5) is 15.3. The van der Waals surface area contributed by atoms with Crippen molar-refractivity contribution in [3.05, 3.63) is 28.5 Å². The largest absolute Gasteiger partial charge is 0.393 e. The van der Waals surface area contributed by atoms with Gasteiger partial charge in [-0.25, -0.2) is 0 Å². The minimum atomic E-state index is -0.215. The number of aliphatic hydroxyl groups excluding tert-OH is 1. The van der Waals surface area contributed by atoms with Crippen LogP contribution in [-0.2, 0) is 4.79 Å². The molecular weight excluding hydrogens is 246 g/mol. The van der Waals surface area contributed by atoms with E-state index in [2.05, 4.69) is 0 Å². The fourth-order valence-electron chi connectivity index (χ4n) is 3.13. The second kappa shape index (κ2) is 4.86. The minimum absolute atomic E-state index is 0.0998. The van der Waals surface area contributed by atoms with E-state index in [1.807, 2.05) is 28.5 Å². The second-order valence-corrected chi connectivity index (χ2v) is 6.08. The maximum Gasteiger partial charge on any atom is 0.247 e. The highest BCUT2D eigenvalue weighted by atomic mass is 32.1. The van der Waals surface area contributed by atoms with Crippen molar-refractivity contribution in [3.63, 3.8) is 0 Å². The number of aliphatic hydroxyl groups is 1. The molecule has 2 saturated heterocycles. The number of hydrogen-bond acceptors (Lipinski definition) is 3. The molecule has 3 nitrogen and oxygen atoms in total. The van der Waals surface area contributed by atoms with Crippen molar-refractivity contribution >= 4 is 23.3 Å². The van der Waals surface area contributed by atoms with Crippen LogP contribution < -0.4 is 0 Å². The highest BCUT2D eigenvalue weighted by Gasteiger charge is 2.41. The van der Waals surface area contributed by atoms with Crippen LogP contribution in [0.4, 0.5) is 0 Å². The Kier molecular flexibility index (Phi) is 3.22. The molecule has 1 amide bonds. The van der Waals surface area contributed by atoms with Crippen LogP contribution in [-0.4, -0.2) is 34.1 Å². The van der Waals surface area contributed by atoms with Crippen LogP contribution in [0.5, 0.6) is 0 Å². The Morgan fingerprint density at radius 3 is 2.72 bits per heavy atom. The first-order valence-electron chi connectivity index (χ1n) is 6.46. The molecule has 1 aromatic heterocycles. The standard InChI is InChI=1S/C14H17NO2S/c16-12-8-10-3-4-11(9-12)15(10)14(17)6-5-13-2-1-7-18-13/h1-2,5-7,10-12,16H,3-4,8-9H2. The van der Waals surface area contributed by atoms with Gasteiger partial charge in [0.25, 0.3) is 0 Å². The monoisotopic (exact) mass is 263 g/mol. The molecule has 0 spiro atoms. The highest BCUT2D eigenvalue weighted by molar-refractivity contribution is 7.10. The van der Waals surface area contributed by atoms with Crippen molar-refractivity contribution in [3.8, 4) is 0 Å². The lowest BCUT2D eigenvalue weighted by Gasteiger charge is -2.36. The molecule has 18 heavy (non-hydrogen) atoms. The topological polar surface area (TPSA) is 40.5 Å². The molecule has 2 aliphatic heterocycles. The highest BCUT2D eigenvalue weighted by Crippen LogP contribution is 2.35. The number of rotatable bonds is 2. The molecule has 0 aliphatic carbocycles. The van der Waals surface area contributed by atoms with Gasteiger partial charge in [-0.1, -0.05) is 6.07 Å². The van der Waals surface area contributed by atoms with Gasteiger partial charge >= 0.3 is 0 Å². The number of amides is 1. The number of hydrogen-bond donors (Lipinski definition) is 1. The summed E-state index contributed by atoms with van der Waals surface area (Å²) in [6.07, 6.45) is 6.92. The van der Waals surface area contributed by atoms with Crippen LogP contribution in [0.15, 0.2) is 23.6 Å². The lowest BCUT2D eigenvalue weighted by molar-refractivity contribution is -0.131. The molecule has 1 aromatic rings. The summed E-state index contributed by atoms with van der Waals surface area (Å²) < 4.78 is 0. The van der Waals surface area contributed by atoms with Crippen LogP contribution in [0.3, 0.4) is 0 Å². The molecule has 0 saturated carbocycles. The maximum atomic E-state index is 12.2. The van der Waals surface area contributed by atoms with Gasteiger partial charge in [-0.05, 0) is 43.2 Å². The van der Waals surface area contributed by atoms with Gasteiger partial charge in [0.05, 0.1) is 6.10 Å². The van der Waals surface area contributed by atoms with Crippen molar-refractivity contribution in [2.24, 2.45) is 0 Å². The summed E-state index contributed by atoms with van der Waals surface area (Å²) in [6.45, 7) is 0. The number of thiophene rings is 1. The predicted octanol–water partition coefficient (Wildman–Crippen LogP) is 2.28. The minimum Gasteiger partial charge on any atom is -0.393 e. The molecule has 3 heterocycles. The van der Waals surface area contributed by atoms with Crippen LogP contribution >= 0.6 is 11.3 Å². The van der Waals surface area contributed by atoms with Crippen molar-refractivity contribution in [2.45, 2.75) is 43.9 Å². The van der Waals surface area contributed by atoms with Crippen LogP contribution in [0.1, 0.15) is 30.6 Å². The third-order valence-electron chi connectivity index (χ3n) is 3.90. The first-order valence-corrected chi connectivity index (χ1v) is 7.34. The number of carbonyl (C=O) groups excluding carboxylic acids is 1. The van der Waals surface area contributed by atoms with Gasteiger partial charge < -0.3 is 10.0 Å². The Labute approximate surface area is 111 Å². The quantitative estimate of drug-likeness (QED) is 0.832. The Bertz CT molecular complexity index is 440. The second-order valence-electron chi connectivity index (χ2n) is 5.10. The van der Waals surface area contributed by atoms with E-state index in [-0.39, 0.29) is 24.1 Å². The van der Waals surface area contributed by atoms with Crippen LogP contribution in [0.2, 0.25) is 0 Å².